The first-order valence-corrected chi connectivity index (χ1v) is 4.43. The lowest BCUT2D eigenvalue weighted by molar-refractivity contribution is 1.48. The maximum absolute atomic E-state index is 5.57. The maximum atomic E-state index is 5.57. The Hall–Kier alpha value is 0.590. The van der Waals surface area contributed by atoms with Gasteiger partial charge in [-0.3, -0.25) is 0 Å². The van der Waals surface area contributed by atoms with Crippen molar-refractivity contribution in [3.05, 3.63) is 15.4 Å². The van der Waals surface area contributed by atoms with Gasteiger partial charge in [0.15, 0.2) is 0 Å². The quantitative estimate of drug-likeness (QED) is 0.640. The normalized spacial score (nSPS) is 8.50. The van der Waals surface area contributed by atoms with Crippen LogP contribution in [-0.4, -0.2) is 7.05 Å². The Kier molecular flexibility index (Phi) is 5.58. The third-order valence-electron chi connectivity index (χ3n) is 0.632. The molecule has 0 fully saturated rings. The van der Waals surface area contributed by atoms with Gasteiger partial charge < -0.3 is 5.73 Å². The highest BCUT2D eigenvalue weighted by Gasteiger charge is 1.99. The molecule has 1 aromatic rings. The van der Waals surface area contributed by atoms with Crippen LogP contribution in [-0.2, 0) is 0 Å². The average molecular weight is 216 g/mol. The minimum Gasteiger partial charge on any atom is -0.333 e. The van der Waals surface area contributed by atoms with Crippen LogP contribution < -0.4 is 5.73 Å². The van der Waals surface area contributed by atoms with Gasteiger partial charge in [0.1, 0.15) is 4.34 Å². The van der Waals surface area contributed by atoms with Gasteiger partial charge in [0.2, 0.25) is 0 Å². The average Bonchev–Trinajstić information content (AvgIpc) is 2.16. The molecule has 0 saturated carbocycles. The highest BCUT2D eigenvalue weighted by atomic mass is 35.5. The molecule has 0 amide bonds. The highest BCUT2D eigenvalue weighted by molar-refractivity contribution is 7.83. The van der Waals surface area contributed by atoms with Crippen LogP contribution in [0.15, 0.2) is 10.3 Å². The van der Waals surface area contributed by atoms with Crippen LogP contribution in [0.2, 0.25) is 9.36 Å². The predicted octanol–water partition coefficient (Wildman–Crippen LogP) is 2.92. The minimum absolute atomic E-state index is 0.585. The lowest BCUT2D eigenvalue weighted by Crippen LogP contribution is -1.69. The summed E-state index contributed by atoms with van der Waals surface area (Å²) in [6.07, 6.45) is 0. The number of nitrogens with two attached hydrogens (primary N) is 1. The fraction of sp³-hybridized carbons (Fsp3) is 0.200. The number of hydrogen-bond acceptors (Lipinski definition) is 3. The topological polar surface area (TPSA) is 26.0 Å². The molecule has 58 valence electrons. The molecule has 1 aromatic heterocycles. The van der Waals surface area contributed by atoms with Crippen molar-refractivity contribution in [2.24, 2.45) is 5.73 Å². The molecule has 0 bridgehead atoms. The molecular formula is C5H7Cl2NS2. The predicted molar refractivity (Wildman–Crippen MR) is 51.7 cm³/mol. The Labute approximate surface area is 79.5 Å². The van der Waals surface area contributed by atoms with Crippen molar-refractivity contribution in [2.45, 2.75) is 4.21 Å². The van der Waals surface area contributed by atoms with Crippen LogP contribution >= 0.6 is 47.2 Å². The summed E-state index contributed by atoms with van der Waals surface area (Å²) in [5.74, 6) is 0. The van der Waals surface area contributed by atoms with Crippen molar-refractivity contribution in [3.8, 4) is 0 Å². The second-order valence-electron chi connectivity index (χ2n) is 1.21. The summed E-state index contributed by atoms with van der Waals surface area (Å²) in [5, 5.41) is 0.585. The van der Waals surface area contributed by atoms with Gasteiger partial charge in [-0.15, -0.1) is 24.0 Å². The molecule has 0 unspecified atom stereocenters. The Bertz CT molecular complexity index is 180. The molecule has 0 aliphatic heterocycles. The fourth-order valence-electron chi connectivity index (χ4n) is 0.335. The SMILES string of the molecule is CN.Sc1cc(Cl)c(Cl)s1. The lowest BCUT2D eigenvalue weighted by atomic mass is 10.7. The minimum atomic E-state index is 0.585. The number of thiophene rings is 1. The summed E-state index contributed by atoms with van der Waals surface area (Å²) < 4.78 is 1.46. The van der Waals surface area contributed by atoms with E-state index in [1.54, 1.807) is 6.07 Å². The van der Waals surface area contributed by atoms with Crippen LogP contribution in [0.1, 0.15) is 0 Å². The molecule has 1 heterocycles. The third kappa shape index (κ3) is 3.12. The third-order valence-corrected chi connectivity index (χ3v) is 2.70. The zero-order valence-corrected chi connectivity index (χ0v) is 8.49. The van der Waals surface area contributed by atoms with Crippen LogP contribution in [0.4, 0.5) is 0 Å². The standard InChI is InChI=1S/C4H2Cl2S2.CH5N/c5-2-1-3(7)8-4(2)6;1-2/h1,7H;2H2,1H3. The molecule has 0 atom stereocenters. The number of rotatable bonds is 0. The fourth-order valence-corrected chi connectivity index (χ4v) is 2.09. The molecule has 0 aromatic carbocycles. The first kappa shape index (κ1) is 10.6. The first-order chi connectivity index (χ1) is 4.70. The molecule has 0 aliphatic carbocycles. The maximum Gasteiger partial charge on any atom is 0.113 e. The van der Waals surface area contributed by atoms with Gasteiger partial charge in [0, 0.05) is 0 Å². The second-order valence-corrected chi connectivity index (χ2v) is 4.05. The lowest BCUT2D eigenvalue weighted by Gasteiger charge is -1.73. The second kappa shape index (κ2) is 5.27. The van der Waals surface area contributed by atoms with Gasteiger partial charge in [-0.25, -0.2) is 0 Å². The Morgan fingerprint density at radius 2 is 2.00 bits per heavy atom. The summed E-state index contributed by atoms with van der Waals surface area (Å²) in [5.41, 5.74) is 4.50. The highest BCUT2D eigenvalue weighted by Crippen LogP contribution is 2.33. The monoisotopic (exact) mass is 215 g/mol. The van der Waals surface area contributed by atoms with Crippen molar-refractivity contribution in [2.75, 3.05) is 7.05 Å². The number of thiol groups is 1. The van der Waals surface area contributed by atoms with E-state index in [1.165, 1.54) is 18.4 Å². The summed E-state index contributed by atoms with van der Waals surface area (Å²) in [4.78, 5) is 0. The molecule has 0 radical (unpaired) electrons. The molecule has 0 saturated heterocycles. The smallest absolute Gasteiger partial charge is 0.113 e. The van der Waals surface area contributed by atoms with Gasteiger partial charge in [-0.1, -0.05) is 23.2 Å². The van der Waals surface area contributed by atoms with Crippen LogP contribution in [0, 0.1) is 0 Å². The first-order valence-electron chi connectivity index (χ1n) is 2.41. The van der Waals surface area contributed by atoms with E-state index in [-0.39, 0.29) is 0 Å². The van der Waals surface area contributed by atoms with E-state index in [4.69, 9.17) is 23.2 Å². The van der Waals surface area contributed by atoms with E-state index in [2.05, 4.69) is 18.4 Å². The Balaban J connectivity index is 0.000000371. The summed E-state index contributed by atoms with van der Waals surface area (Å²) >= 11 is 16.5. The largest absolute Gasteiger partial charge is 0.333 e. The van der Waals surface area contributed by atoms with E-state index in [1.807, 2.05) is 0 Å². The molecule has 10 heavy (non-hydrogen) atoms. The summed E-state index contributed by atoms with van der Waals surface area (Å²) in [7, 11) is 1.50. The molecule has 5 heteroatoms. The van der Waals surface area contributed by atoms with Gasteiger partial charge >= 0.3 is 0 Å². The molecule has 2 N–H and O–H groups in total. The van der Waals surface area contributed by atoms with E-state index in [9.17, 15) is 0 Å². The molecule has 0 aliphatic rings. The van der Waals surface area contributed by atoms with E-state index in [0.29, 0.717) is 9.36 Å². The number of hydrogen-bond donors (Lipinski definition) is 2. The van der Waals surface area contributed by atoms with Crippen LogP contribution in [0.5, 0.6) is 0 Å². The molecule has 1 rings (SSSR count). The number of halogens is 2. The van der Waals surface area contributed by atoms with Gasteiger partial charge in [-0.2, -0.15) is 0 Å². The molecular weight excluding hydrogens is 209 g/mol. The zero-order valence-electron chi connectivity index (χ0n) is 5.27. The molecule has 1 nitrogen and oxygen atoms in total. The Morgan fingerprint density at radius 1 is 1.50 bits per heavy atom. The van der Waals surface area contributed by atoms with Gasteiger partial charge in [-0.05, 0) is 13.1 Å². The van der Waals surface area contributed by atoms with Crippen molar-refractivity contribution in [1.29, 1.82) is 0 Å². The Morgan fingerprint density at radius 3 is 2.10 bits per heavy atom. The zero-order chi connectivity index (χ0) is 8.15. The molecule has 0 spiro atoms. The van der Waals surface area contributed by atoms with Crippen molar-refractivity contribution >= 4 is 47.2 Å². The van der Waals surface area contributed by atoms with Crippen LogP contribution in [0.3, 0.4) is 0 Å². The van der Waals surface area contributed by atoms with Crippen molar-refractivity contribution < 1.29 is 0 Å². The van der Waals surface area contributed by atoms with Crippen molar-refractivity contribution in [3.63, 3.8) is 0 Å². The summed E-state index contributed by atoms with van der Waals surface area (Å²) in [6.45, 7) is 0. The van der Waals surface area contributed by atoms with E-state index in [0.717, 1.165) is 4.21 Å². The van der Waals surface area contributed by atoms with Crippen molar-refractivity contribution in [1.82, 2.24) is 0 Å². The summed E-state index contributed by atoms with van der Waals surface area (Å²) in [6, 6.07) is 1.72. The van der Waals surface area contributed by atoms with E-state index >= 15 is 0 Å². The van der Waals surface area contributed by atoms with Gasteiger partial charge in [0.25, 0.3) is 0 Å². The van der Waals surface area contributed by atoms with E-state index < -0.39 is 0 Å². The van der Waals surface area contributed by atoms with Gasteiger partial charge in [0.05, 0.1) is 9.23 Å². The van der Waals surface area contributed by atoms with Crippen LogP contribution in [0.25, 0.3) is 0 Å².